The maximum absolute atomic E-state index is 11.9. The standard InChI is InChI=1S/C28H33N5O.C3H8.C2H6/c1-7-8-22(16-29)14-25(19(2)3)23-15-24-18-33(12-10-26(24)31-17-23)21(5)20(4)13-27-30-11-9-28(34)32(27)6;1-3-2;1-2/h9,11,13-15,17H,5,7-8,10,12,18H2,1-4,6H3;3H2,1-2H3;1-2H3/b20-13-,22-14+;;. The fourth-order valence-corrected chi connectivity index (χ4v) is 4.07. The van der Waals surface area contributed by atoms with Crippen LogP contribution in [0.5, 0.6) is 0 Å². The second-order valence-electron chi connectivity index (χ2n) is 9.63. The second-order valence-corrected chi connectivity index (χ2v) is 9.63. The van der Waals surface area contributed by atoms with Crippen LogP contribution in [-0.2, 0) is 20.0 Å². The number of nitrogens with zero attached hydrogens (tertiary/aromatic N) is 5. The molecule has 1 aliphatic heterocycles. The Hall–Kier alpha value is -3.72. The van der Waals surface area contributed by atoms with E-state index in [1.807, 2.05) is 39.1 Å². The number of hydrogen-bond donors (Lipinski definition) is 0. The first-order valence-corrected chi connectivity index (χ1v) is 14.1. The number of fused-ring (bicyclic) bond motifs is 1. The molecule has 0 bridgehead atoms. The molecule has 0 aromatic carbocycles. The first-order chi connectivity index (χ1) is 18.7. The molecule has 0 unspecified atom stereocenters. The van der Waals surface area contributed by atoms with Crippen LogP contribution in [0, 0.1) is 11.3 Å². The van der Waals surface area contributed by atoms with Gasteiger partial charge >= 0.3 is 0 Å². The summed E-state index contributed by atoms with van der Waals surface area (Å²) in [5.41, 5.74) is 8.09. The van der Waals surface area contributed by atoms with Gasteiger partial charge in [-0.2, -0.15) is 5.26 Å². The molecule has 6 heteroatoms. The van der Waals surface area contributed by atoms with Gasteiger partial charge in [0, 0.05) is 67.5 Å². The molecule has 6 nitrogen and oxygen atoms in total. The zero-order valence-corrected chi connectivity index (χ0v) is 25.6. The van der Waals surface area contributed by atoms with E-state index in [9.17, 15) is 10.1 Å². The molecule has 3 rings (SSSR count). The minimum atomic E-state index is -0.0900. The highest BCUT2D eigenvalue weighted by Crippen LogP contribution is 2.28. The van der Waals surface area contributed by atoms with Gasteiger partial charge in [-0.15, -0.1) is 0 Å². The third kappa shape index (κ3) is 9.51. The molecule has 0 atom stereocenters. The number of aromatic nitrogens is 3. The molecular formula is C33H47N5O. The Morgan fingerprint density at radius 2 is 1.85 bits per heavy atom. The molecule has 0 amide bonds. The van der Waals surface area contributed by atoms with Gasteiger partial charge in [0.25, 0.3) is 5.56 Å². The van der Waals surface area contributed by atoms with Crippen molar-refractivity contribution >= 4 is 11.6 Å². The summed E-state index contributed by atoms with van der Waals surface area (Å²) in [4.78, 5) is 23.2. The van der Waals surface area contributed by atoms with E-state index in [1.165, 1.54) is 28.8 Å². The van der Waals surface area contributed by atoms with Gasteiger partial charge in [-0.25, -0.2) is 4.98 Å². The molecule has 0 N–H and O–H groups in total. The summed E-state index contributed by atoms with van der Waals surface area (Å²) in [5, 5.41) is 9.51. The van der Waals surface area contributed by atoms with Crippen LogP contribution in [0.3, 0.4) is 0 Å². The summed E-state index contributed by atoms with van der Waals surface area (Å²) < 4.78 is 1.53. The Morgan fingerprint density at radius 1 is 1.18 bits per heavy atom. The molecule has 1 aliphatic rings. The third-order valence-corrected chi connectivity index (χ3v) is 6.15. The van der Waals surface area contributed by atoms with E-state index in [4.69, 9.17) is 4.98 Å². The predicted molar refractivity (Wildman–Crippen MR) is 165 cm³/mol. The fourth-order valence-electron chi connectivity index (χ4n) is 4.07. The number of rotatable bonds is 7. The van der Waals surface area contributed by atoms with Crippen LogP contribution >= 0.6 is 0 Å². The normalized spacial score (nSPS) is 12.7. The van der Waals surface area contributed by atoms with Crippen molar-refractivity contribution in [2.24, 2.45) is 7.05 Å². The molecule has 0 radical (unpaired) electrons. The summed E-state index contributed by atoms with van der Waals surface area (Å²) in [6.45, 7) is 22.3. The average Bonchev–Trinajstić information content (AvgIpc) is 2.93. The van der Waals surface area contributed by atoms with Gasteiger partial charge < -0.3 is 4.90 Å². The second kappa shape index (κ2) is 17.0. The van der Waals surface area contributed by atoms with Crippen LogP contribution in [0.15, 0.2) is 64.4 Å². The minimum absolute atomic E-state index is 0.0900. The largest absolute Gasteiger partial charge is 0.367 e. The summed E-state index contributed by atoms with van der Waals surface area (Å²) in [7, 11) is 1.72. The zero-order valence-electron chi connectivity index (χ0n) is 25.6. The summed E-state index contributed by atoms with van der Waals surface area (Å²) in [6.07, 6.45) is 11.2. The van der Waals surface area contributed by atoms with Gasteiger partial charge in [-0.3, -0.25) is 14.3 Å². The van der Waals surface area contributed by atoms with E-state index in [0.29, 0.717) is 12.4 Å². The smallest absolute Gasteiger partial charge is 0.253 e. The molecule has 0 fully saturated rings. The first-order valence-electron chi connectivity index (χ1n) is 14.1. The number of pyridine rings is 1. The van der Waals surface area contributed by atoms with Crippen molar-refractivity contribution in [2.45, 2.75) is 87.6 Å². The average molecular weight is 530 g/mol. The third-order valence-electron chi connectivity index (χ3n) is 6.15. The molecule has 0 saturated heterocycles. The van der Waals surface area contributed by atoms with Crippen LogP contribution < -0.4 is 5.56 Å². The van der Waals surface area contributed by atoms with Gasteiger partial charge in [0.15, 0.2) is 0 Å². The maximum Gasteiger partial charge on any atom is 0.253 e. The van der Waals surface area contributed by atoms with E-state index >= 15 is 0 Å². The lowest BCUT2D eigenvalue weighted by atomic mass is 9.95. The Balaban J connectivity index is 0.00000142. The van der Waals surface area contributed by atoms with E-state index in [-0.39, 0.29) is 5.56 Å². The van der Waals surface area contributed by atoms with E-state index < -0.39 is 0 Å². The lowest BCUT2D eigenvalue weighted by Crippen LogP contribution is -2.30. The predicted octanol–water partition coefficient (Wildman–Crippen LogP) is 7.64. The molecule has 210 valence electrons. The van der Waals surface area contributed by atoms with E-state index in [1.54, 1.807) is 7.05 Å². The van der Waals surface area contributed by atoms with Crippen LogP contribution in [0.25, 0.3) is 11.6 Å². The molecule has 0 spiro atoms. The van der Waals surface area contributed by atoms with Gasteiger partial charge in [0.1, 0.15) is 5.82 Å². The Kier molecular flexibility index (Phi) is 14.5. The Morgan fingerprint density at radius 3 is 2.44 bits per heavy atom. The summed E-state index contributed by atoms with van der Waals surface area (Å²) in [6, 6.07) is 5.98. The van der Waals surface area contributed by atoms with Crippen LogP contribution in [0.2, 0.25) is 0 Å². The van der Waals surface area contributed by atoms with Gasteiger partial charge in [-0.1, -0.05) is 59.6 Å². The lowest BCUT2D eigenvalue weighted by molar-refractivity contribution is 0.326. The van der Waals surface area contributed by atoms with Gasteiger partial charge in [0.2, 0.25) is 0 Å². The SMILES string of the molecule is C=C(/C(C)=C\c1nccc(=O)n1C)N1CCc2ncc(C(/C=C(/C#N)CCC)=C(C)C)cc2C1.CC.CCC. The van der Waals surface area contributed by atoms with Crippen molar-refractivity contribution in [3.63, 3.8) is 0 Å². The monoisotopic (exact) mass is 529 g/mol. The van der Waals surface area contributed by atoms with Crippen LogP contribution in [0.1, 0.15) is 97.3 Å². The molecule has 0 saturated carbocycles. The van der Waals surface area contributed by atoms with Gasteiger partial charge in [-0.05, 0) is 62.1 Å². The molecule has 2 aromatic heterocycles. The number of hydrogen-bond acceptors (Lipinski definition) is 5. The van der Waals surface area contributed by atoms with Crippen molar-refractivity contribution < 1.29 is 0 Å². The van der Waals surface area contributed by atoms with Crippen molar-refractivity contribution in [1.29, 1.82) is 5.26 Å². The maximum atomic E-state index is 11.9. The fraction of sp³-hybridized carbons (Fsp3) is 0.455. The highest BCUT2D eigenvalue weighted by molar-refractivity contribution is 5.77. The quantitative estimate of drug-likeness (QED) is 0.272. The van der Waals surface area contributed by atoms with Crippen molar-refractivity contribution in [1.82, 2.24) is 19.4 Å². The van der Waals surface area contributed by atoms with E-state index in [0.717, 1.165) is 65.1 Å². The topological polar surface area (TPSA) is 74.8 Å². The molecule has 39 heavy (non-hydrogen) atoms. The minimum Gasteiger partial charge on any atom is -0.367 e. The van der Waals surface area contributed by atoms with Crippen molar-refractivity contribution in [3.8, 4) is 6.07 Å². The summed E-state index contributed by atoms with van der Waals surface area (Å²) in [5.74, 6) is 0.605. The lowest BCUT2D eigenvalue weighted by Gasteiger charge is -2.32. The first kappa shape index (κ1) is 33.3. The van der Waals surface area contributed by atoms with Crippen molar-refractivity contribution in [2.75, 3.05) is 6.54 Å². The van der Waals surface area contributed by atoms with Crippen LogP contribution in [0.4, 0.5) is 0 Å². The molecular weight excluding hydrogens is 482 g/mol. The van der Waals surface area contributed by atoms with E-state index in [2.05, 4.69) is 63.2 Å². The van der Waals surface area contributed by atoms with Crippen molar-refractivity contribution in [3.05, 3.63) is 92.6 Å². The number of allylic oxidation sites excluding steroid dienone is 5. The molecule has 0 aliphatic carbocycles. The zero-order chi connectivity index (χ0) is 29.5. The highest BCUT2D eigenvalue weighted by atomic mass is 16.1. The molecule has 2 aromatic rings. The van der Waals surface area contributed by atoms with Crippen LogP contribution in [-0.4, -0.2) is 26.0 Å². The summed E-state index contributed by atoms with van der Waals surface area (Å²) >= 11 is 0. The van der Waals surface area contributed by atoms with Gasteiger partial charge in [0.05, 0.1) is 6.07 Å². The highest BCUT2D eigenvalue weighted by Gasteiger charge is 2.20. The Labute approximate surface area is 236 Å². The Bertz CT molecular complexity index is 1300. The number of nitriles is 1. The molecule has 3 heterocycles.